The first-order valence-electron chi connectivity index (χ1n) is 10.7. The van der Waals surface area contributed by atoms with Crippen LogP contribution in [0.15, 0.2) is 22.8 Å². The number of amides is 2. The van der Waals surface area contributed by atoms with Gasteiger partial charge in [0.2, 0.25) is 11.8 Å². The van der Waals surface area contributed by atoms with E-state index in [1.165, 1.54) is 0 Å². The largest absolute Gasteiger partial charge is 0.467 e. The molecule has 0 saturated carbocycles. The van der Waals surface area contributed by atoms with Crippen LogP contribution in [0.3, 0.4) is 0 Å². The third-order valence-electron chi connectivity index (χ3n) is 4.99. The Kier molecular flexibility index (Phi) is 9.55. The van der Waals surface area contributed by atoms with Crippen LogP contribution in [-0.2, 0) is 20.9 Å². The fraction of sp³-hybridized carbons (Fsp3) is 0.727. The van der Waals surface area contributed by atoms with Gasteiger partial charge in [-0.1, -0.05) is 33.6 Å². The molecule has 28 heavy (non-hydrogen) atoms. The van der Waals surface area contributed by atoms with Gasteiger partial charge in [0.15, 0.2) is 0 Å². The predicted molar refractivity (Wildman–Crippen MR) is 109 cm³/mol. The molecule has 2 rings (SSSR count). The van der Waals surface area contributed by atoms with Gasteiger partial charge in [-0.25, -0.2) is 0 Å². The molecule has 2 amide bonds. The maximum Gasteiger partial charge on any atom is 0.242 e. The molecule has 6 nitrogen and oxygen atoms in total. The Morgan fingerprint density at radius 2 is 2.04 bits per heavy atom. The van der Waals surface area contributed by atoms with E-state index in [0.29, 0.717) is 32.0 Å². The molecular formula is C22H36N2O4. The summed E-state index contributed by atoms with van der Waals surface area (Å²) in [5.41, 5.74) is 0. The number of furan rings is 1. The number of nitrogens with zero attached hydrogens (tertiary/aromatic N) is 2. The molecular weight excluding hydrogens is 356 g/mol. The van der Waals surface area contributed by atoms with Gasteiger partial charge in [-0.05, 0) is 37.3 Å². The zero-order chi connectivity index (χ0) is 20.4. The Morgan fingerprint density at radius 1 is 1.21 bits per heavy atom. The zero-order valence-electron chi connectivity index (χ0n) is 17.7. The second-order valence-corrected chi connectivity index (χ2v) is 8.11. The first kappa shape index (κ1) is 22.5. The molecule has 0 bridgehead atoms. The van der Waals surface area contributed by atoms with Crippen molar-refractivity contribution in [1.82, 2.24) is 9.80 Å². The number of carbonyl (C=O) groups excluding carboxylic acids is 2. The van der Waals surface area contributed by atoms with Crippen LogP contribution in [-0.4, -0.2) is 54.0 Å². The molecule has 0 spiro atoms. The van der Waals surface area contributed by atoms with Crippen molar-refractivity contribution in [2.75, 3.05) is 26.2 Å². The average molecular weight is 393 g/mol. The fourth-order valence-corrected chi connectivity index (χ4v) is 3.52. The van der Waals surface area contributed by atoms with E-state index in [1.54, 1.807) is 16.1 Å². The quantitative estimate of drug-likeness (QED) is 0.507. The van der Waals surface area contributed by atoms with Crippen LogP contribution in [0, 0.1) is 5.92 Å². The van der Waals surface area contributed by atoms with Crippen molar-refractivity contribution in [2.45, 2.75) is 71.9 Å². The highest BCUT2D eigenvalue weighted by molar-refractivity contribution is 5.84. The highest BCUT2D eigenvalue weighted by atomic mass is 16.5. The van der Waals surface area contributed by atoms with E-state index in [9.17, 15) is 9.59 Å². The minimum absolute atomic E-state index is 0.0450. The summed E-state index contributed by atoms with van der Waals surface area (Å²) < 4.78 is 11.2. The first-order chi connectivity index (χ1) is 13.5. The van der Waals surface area contributed by atoms with E-state index >= 15 is 0 Å². The summed E-state index contributed by atoms with van der Waals surface area (Å²) in [5.74, 6) is 1.09. The molecule has 2 heterocycles. The Morgan fingerprint density at radius 3 is 2.64 bits per heavy atom. The van der Waals surface area contributed by atoms with Gasteiger partial charge in [0, 0.05) is 26.1 Å². The molecule has 0 N–H and O–H groups in total. The van der Waals surface area contributed by atoms with Gasteiger partial charge in [-0.15, -0.1) is 0 Å². The molecule has 0 unspecified atom stereocenters. The fourth-order valence-electron chi connectivity index (χ4n) is 3.52. The molecule has 1 aliphatic heterocycles. The maximum absolute atomic E-state index is 13.1. The lowest BCUT2D eigenvalue weighted by atomic mass is 10.1. The summed E-state index contributed by atoms with van der Waals surface area (Å²) in [6, 6.07) is 3.70. The Hall–Kier alpha value is -1.82. The number of unbranched alkanes of at least 4 members (excludes halogenated alkanes) is 2. The molecule has 1 aromatic rings. The predicted octanol–water partition coefficient (Wildman–Crippen LogP) is 3.85. The summed E-state index contributed by atoms with van der Waals surface area (Å²) in [7, 11) is 0. The van der Waals surface area contributed by atoms with Crippen molar-refractivity contribution >= 4 is 11.8 Å². The monoisotopic (exact) mass is 392 g/mol. The minimum atomic E-state index is -0.0450. The SMILES string of the molecule is CCCCCC(=O)N(CC(=O)N(Cc1ccco1)C[C@@H]1CCCO1)CC(C)C. The molecule has 158 valence electrons. The minimum Gasteiger partial charge on any atom is -0.467 e. The van der Waals surface area contributed by atoms with Crippen molar-refractivity contribution in [1.29, 1.82) is 0 Å². The number of carbonyl (C=O) groups is 2. The maximum atomic E-state index is 13.1. The lowest BCUT2D eigenvalue weighted by Gasteiger charge is -2.29. The van der Waals surface area contributed by atoms with Crippen LogP contribution in [0.2, 0.25) is 0 Å². The van der Waals surface area contributed by atoms with Crippen LogP contribution in [0.1, 0.15) is 65.1 Å². The highest BCUT2D eigenvalue weighted by Gasteiger charge is 2.26. The second kappa shape index (κ2) is 11.9. The Labute approximate surface area is 169 Å². The van der Waals surface area contributed by atoms with Crippen molar-refractivity contribution in [3.8, 4) is 0 Å². The van der Waals surface area contributed by atoms with Gasteiger partial charge in [0.05, 0.1) is 25.5 Å². The standard InChI is InChI=1S/C22H36N2O4/c1-4-5-6-11-21(25)23(14-18(2)3)17-22(26)24(15-19-9-7-12-27-19)16-20-10-8-13-28-20/h7,9,12,18,20H,4-6,8,10-11,13-17H2,1-3H3/t20-/m0/s1. The smallest absolute Gasteiger partial charge is 0.242 e. The zero-order valence-corrected chi connectivity index (χ0v) is 17.7. The lowest BCUT2D eigenvalue weighted by Crippen LogP contribution is -2.46. The molecule has 1 aromatic heterocycles. The topological polar surface area (TPSA) is 63.0 Å². The van der Waals surface area contributed by atoms with Crippen LogP contribution in [0.25, 0.3) is 0 Å². The molecule has 0 radical (unpaired) electrons. The molecule has 0 aliphatic carbocycles. The Bertz CT molecular complexity index is 579. The first-order valence-corrected chi connectivity index (χ1v) is 10.7. The molecule has 1 aliphatic rings. The number of hydrogen-bond donors (Lipinski definition) is 0. The third-order valence-corrected chi connectivity index (χ3v) is 4.99. The number of hydrogen-bond acceptors (Lipinski definition) is 4. The van der Waals surface area contributed by atoms with Crippen LogP contribution >= 0.6 is 0 Å². The van der Waals surface area contributed by atoms with Crippen molar-refractivity contribution in [2.24, 2.45) is 5.92 Å². The van der Waals surface area contributed by atoms with Gasteiger partial charge in [0.25, 0.3) is 0 Å². The van der Waals surface area contributed by atoms with E-state index < -0.39 is 0 Å². The Balaban J connectivity index is 2.02. The van der Waals surface area contributed by atoms with Gasteiger partial charge in [0.1, 0.15) is 5.76 Å². The summed E-state index contributed by atoms with van der Waals surface area (Å²) in [6.07, 6.45) is 7.19. The van der Waals surface area contributed by atoms with Gasteiger partial charge in [-0.2, -0.15) is 0 Å². The van der Waals surface area contributed by atoms with E-state index in [0.717, 1.165) is 44.5 Å². The molecule has 0 aromatic carbocycles. The van der Waals surface area contributed by atoms with Crippen molar-refractivity contribution in [3.05, 3.63) is 24.2 Å². The highest BCUT2D eigenvalue weighted by Crippen LogP contribution is 2.16. The summed E-state index contributed by atoms with van der Waals surface area (Å²) in [5, 5.41) is 0. The van der Waals surface area contributed by atoms with Crippen LogP contribution < -0.4 is 0 Å². The van der Waals surface area contributed by atoms with E-state index in [4.69, 9.17) is 9.15 Å². The van der Waals surface area contributed by atoms with Crippen molar-refractivity contribution in [3.63, 3.8) is 0 Å². The van der Waals surface area contributed by atoms with E-state index in [1.807, 2.05) is 12.1 Å². The lowest BCUT2D eigenvalue weighted by molar-refractivity contribution is -0.142. The summed E-state index contributed by atoms with van der Waals surface area (Å²) in [6.45, 7) is 8.69. The van der Waals surface area contributed by atoms with E-state index in [2.05, 4.69) is 20.8 Å². The van der Waals surface area contributed by atoms with Gasteiger partial charge < -0.3 is 19.0 Å². The summed E-state index contributed by atoms with van der Waals surface area (Å²) >= 11 is 0. The average Bonchev–Trinajstić information content (AvgIpc) is 3.34. The second-order valence-electron chi connectivity index (χ2n) is 8.11. The van der Waals surface area contributed by atoms with Crippen LogP contribution in [0.5, 0.6) is 0 Å². The van der Waals surface area contributed by atoms with Crippen LogP contribution in [0.4, 0.5) is 0 Å². The van der Waals surface area contributed by atoms with Crippen molar-refractivity contribution < 1.29 is 18.7 Å². The molecule has 6 heteroatoms. The molecule has 1 fully saturated rings. The summed E-state index contributed by atoms with van der Waals surface area (Å²) in [4.78, 5) is 29.3. The number of ether oxygens (including phenoxy) is 1. The molecule has 1 atom stereocenters. The van der Waals surface area contributed by atoms with Gasteiger partial charge >= 0.3 is 0 Å². The number of rotatable bonds is 12. The third kappa shape index (κ3) is 7.66. The normalized spacial score (nSPS) is 16.5. The van der Waals surface area contributed by atoms with E-state index in [-0.39, 0.29) is 24.5 Å². The van der Waals surface area contributed by atoms with Gasteiger partial charge in [-0.3, -0.25) is 9.59 Å². The molecule has 1 saturated heterocycles.